The van der Waals surface area contributed by atoms with Crippen LogP contribution in [-0.2, 0) is 20.6 Å². The predicted octanol–water partition coefficient (Wildman–Crippen LogP) is 4.57. The topological polar surface area (TPSA) is 95.5 Å². The number of alkyl halides is 3. The van der Waals surface area contributed by atoms with Gasteiger partial charge in [0.2, 0.25) is 5.88 Å². The molecular formula is C23H19F3N2O5. The quantitative estimate of drug-likeness (QED) is 0.455. The molecule has 7 nitrogen and oxygen atoms in total. The average molecular weight is 460 g/mol. The molecule has 0 saturated carbocycles. The maximum Gasteiger partial charge on any atom is 0.416 e. The van der Waals surface area contributed by atoms with Crippen LogP contribution in [0.3, 0.4) is 0 Å². The maximum absolute atomic E-state index is 12.8. The van der Waals surface area contributed by atoms with E-state index in [4.69, 9.17) is 9.47 Å². The smallest absolute Gasteiger partial charge is 0.416 e. The fourth-order valence-electron chi connectivity index (χ4n) is 3.11. The molecule has 33 heavy (non-hydrogen) atoms. The lowest BCUT2D eigenvalue weighted by molar-refractivity contribution is -0.141. The van der Waals surface area contributed by atoms with E-state index < -0.39 is 41.1 Å². The van der Waals surface area contributed by atoms with Gasteiger partial charge in [-0.05, 0) is 63.2 Å². The Morgan fingerprint density at radius 2 is 1.52 bits per heavy atom. The highest BCUT2D eigenvalue weighted by molar-refractivity contribution is 6.19. The lowest BCUT2D eigenvalue weighted by atomic mass is 9.93. The molecule has 172 valence electrons. The summed E-state index contributed by atoms with van der Waals surface area (Å²) in [6.07, 6.45) is -4.30. The van der Waals surface area contributed by atoms with Crippen LogP contribution in [0.25, 0.3) is 11.0 Å². The Balaban J connectivity index is 1.69. The summed E-state index contributed by atoms with van der Waals surface area (Å²) in [5.74, 6) is -2.36. The van der Waals surface area contributed by atoms with Gasteiger partial charge in [0.25, 0.3) is 0 Å². The number of ketones is 3. The second-order valence-corrected chi connectivity index (χ2v) is 7.30. The summed E-state index contributed by atoms with van der Waals surface area (Å²) >= 11 is 0. The monoisotopic (exact) mass is 460 g/mol. The van der Waals surface area contributed by atoms with Gasteiger partial charge < -0.3 is 9.47 Å². The number of benzene rings is 2. The fourth-order valence-corrected chi connectivity index (χ4v) is 3.11. The summed E-state index contributed by atoms with van der Waals surface area (Å²) in [7, 11) is 0. The zero-order chi connectivity index (χ0) is 24.3. The highest BCUT2D eigenvalue weighted by Crippen LogP contribution is 2.31. The molecule has 0 N–H and O–H groups in total. The summed E-state index contributed by atoms with van der Waals surface area (Å²) in [6.45, 7) is 3.79. The lowest BCUT2D eigenvalue weighted by Gasteiger charge is -2.17. The number of aromatic nitrogens is 2. The third-order valence-corrected chi connectivity index (χ3v) is 4.70. The van der Waals surface area contributed by atoms with Gasteiger partial charge in [0.05, 0.1) is 22.8 Å². The molecule has 10 heteroatoms. The molecule has 1 atom stereocenters. The Bertz CT molecular complexity index is 1190. The van der Waals surface area contributed by atoms with Crippen molar-refractivity contribution < 1.29 is 37.0 Å². The normalized spacial score (nSPS) is 12.5. The van der Waals surface area contributed by atoms with Crippen LogP contribution in [-0.4, -0.2) is 33.4 Å². The second kappa shape index (κ2) is 9.35. The van der Waals surface area contributed by atoms with Crippen LogP contribution >= 0.6 is 0 Å². The van der Waals surface area contributed by atoms with Crippen LogP contribution in [0.5, 0.6) is 17.4 Å². The van der Waals surface area contributed by atoms with Gasteiger partial charge in [-0.25, -0.2) is 9.97 Å². The van der Waals surface area contributed by atoms with Crippen LogP contribution in [0.4, 0.5) is 13.2 Å². The summed E-state index contributed by atoms with van der Waals surface area (Å²) < 4.78 is 49.6. The van der Waals surface area contributed by atoms with Gasteiger partial charge in [-0.2, -0.15) is 13.2 Å². The minimum atomic E-state index is -4.48. The van der Waals surface area contributed by atoms with Crippen LogP contribution in [0.2, 0.25) is 0 Å². The van der Waals surface area contributed by atoms with Gasteiger partial charge in [0.1, 0.15) is 29.0 Å². The Morgan fingerprint density at radius 1 is 0.909 bits per heavy atom. The maximum atomic E-state index is 12.8. The van der Waals surface area contributed by atoms with Gasteiger partial charge in [-0.15, -0.1) is 0 Å². The third kappa shape index (κ3) is 5.71. The number of hydrogen-bond acceptors (Lipinski definition) is 7. The van der Waals surface area contributed by atoms with Crippen molar-refractivity contribution >= 4 is 28.4 Å². The Labute approximate surface area is 186 Å². The van der Waals surface area contributed by atoms with Crippen molar-refractivity contribution in [2.45, 2.75) is 33.1 Å². The number of hydrogen-bond donors (Lipinski definition) is 0. The molecule has 0 aliphatic heterocycles. The zero-order valence-electron chi connectivity index (χ0n) is 17.8. The summed E-state index contributed by atoms with van der Waals surface area (Å²) in [4.78, 5) is 43.6. The van der Waals surface area contributed by atoms with E-state index in [9.17, 15) is 27.6 Å². The molecule has 1 aromatic heterocycles. The van der Waals surface area contributed by atoms with Crippen molar-refractivity contribution in [2.75, 3.05) is 0 Å². The minimum absolute atomic E-state index is 0.0743. The largest absolute Gasteiger partial charge is 0.483 e. The molecule has 0 saturated heterocycles. The highest BCUT2D eigenvalue weighted by Gasteiger charge is 2.33. The third-order valence-electron chi connectivity index (χ3n) is 4.70. The van der Waals surface area contributed by atoms with Crippen LogP contribution in [0.1, 0.15) is 26.3 Å². The molecule has 1 unspecified atom stereocenters. The second-order valence-electron chi connectivity index (χ2n) is 7.30. The van der Waals surface area contributed by atoms with E-state index in [0.717, 1.165) is 12.1 Å². The van der Waals surface area contributed by atoms with E-state index in [-0.39, 0.29) is 16.9 Å². The number of ether oxygens (including phenoxy) is 2. The first-order chi connectivity index (χ1) is 15.5. The first-order valence-corrected chi connectivity index (χ1v) is 9.79. The summed E-state index contributed by atoms with van der Waals surface area (Å²) in [5.41, 5.74) is -0.508. The molecule has 1 heterocycles. The summed E-state index contributed by atoms with van der Waals surface area (Å²) in [5, 5.41) is 0. The van der Waals surface area contributed by atoms with Crippen LogP contribution < -0.4 is 9.47 Å². The molecule has 2 aromatic carbocycles. The van der Waals surface area contributed by atoms with Crippen molar-refractivity contribution in [3.05, 3.63) is 54.2 Å². The average Bonchev–Trinajstić information content (AvgIpc) is 2.73. The number of rotatable bonds is 8. The van der Waals surface area contributed by atoms with Crippen molar-refractivity contribution in [2.24, 2.45) is 5.92 Å². The SMILES string of the molecule is CC(=O)C(C(C)=O)C(=O)C(C)Oc1ccc(Oc2cnc3cc(C(F)(F)F)ccc3n2)cc1. The van der Waals surface area contributed by atoms with Gasteiger partial charge in [0.15, 0.2) is 11.9 Å². The molecule has 0 fully saturated rings. The van der Waals surface area contributed by atoms with Gasteiger partial charge in [0, 0.05) is 0 Å². The number of nitrogens with zero attached hydrogens (tertiary/aromatic N) is 2. The zero-order valence-corrected chi connectivity index (χ0v) is 17.8. The molecule has 0 bridgehead atoms. The molecule has 0 amide bonds. The van der Waals surface area contributed by atoms with Gasteiger partial charge in [-0.3, -0.25) is 14.4 Å². The van der Waals surface area contributed by atoms with E-state index in [0.29, 0.717) is 11.5 Å². The summed E-state index contributed by atoms with van der Waals surface area (Å²) in [6, 6.07) is 9.11. The minimum Gasteiger partial charge on any atom is -0.483 e. The number of fused-ring (bicyclic) bond motifs is 1. The van der Waals surface area contributed by atoms with Crippen molar-refractivity contribution in [1.29, 1.82) is 0 Å². The number of Topliss-reactive ketones (excluding diaryl/α,β-unsaturated/α-hetero) is 3. The molecular weight excluding hydrogens is 441 g/mol. The lowest BCUT2D eigenvalue weighted by Crippen LogP contribution is -2.37. The number of halogens is 3. The number of carbonyl (C=O) groups excluding carboxylic acids is 3. The highest BCUT2D eigenvalue weighted by atomic mass is 19.4. The first kappa shape index (κ1) is 23.8. The molecule has 3 aromatic rings. The Hall–Kier alpha value is -3.82. The Kier molecular flexibility index (Phi) is 6.75. The Morgan fingerprint density at radius 3 is 2.09 bits per heavy atom. The van der Waals surface area contributed by atoms with Crippen molar-refractivity contribution in [1.82, 2.24) is 9.97 Å². The number of carbonyl (C=O) groups is 3. The van der Waals surface area contributed by atoms with E-state index in [2.05, 4.69) is 9.97 Å². The van der Waals surface area contributed by atoms with E-state index >= 15 is 0 Å². The molecule has 0 aliphatic rings. The molecule has 3 rings (SSSR count). The van der Waals surface area contributed by atoms with Gasteiger partial charge >= 0.3 is 6.18 Å². The molecule has 0 spiro atoms. The van der Waals surface area contributed by atoms with Crippen molar-refractivity contribution in [3.8, 4) is 17.4 Å². The van der Waals surface area contributed by atoms with Crippen molar-refractivity contribution in [3.63, 3.8) is 0 Å². The fraction of sp³-hybridized carbons (Fsp3) is 0.261. The molecule has 0 radical (unpaired) electrons. The van der Waals surface area contributed by atoms with Crippen LogP contribution in [0.15, 0.2) is 48.7 Å². The van der Waals surface area contributed by atoms with E-state index in [1.165, 1.54) is 57.3 Å². The standard InChI is InChI=1S/C23H19F3N2O5/c1-12(29)21(13(2)30)22(31)14(3)32-16-5-7-17(8-6-16)33-20-11-27-19-10-15(23(24,25)26)4-9-18(19)28-20/h4-11,14,21H,1-3H3. The first-order valence-electron chi connectivity index (χ1n) is 9.79. The van der Waals surface area contributed by atoms with Crippen LogP contribution in [0, 0.1) is 5.92 Å². The van der Waals surface area contributed by atoms with E-state index in [1.54, 1.807) is 0 Å². The van der Waals surface area contributed by atoms with Gasteiger partial charge in [-0.1, -0.05) is 0 Å². The van der Waals surface area contributed by atoms with E-state index in [1.807, 2.05) is 0 Å². The predicted molar refractivity (Wildman–Crippen MR) is 111 cm³/mol. The molecule has 0 aliphatic carbocycles.